The summed E-state index contributed by atoms with van der Waals surface area (Å²) >= 11 is 0. The molecule has 0 atom stereocenters. The van der Waals surface area contributed by atoms with Gasteiger partial charge in [0.25, 0.3) is 0 Å². The molecular weight excluding hydrogens is 232 g/mol. The van der Waals surface area contributed by atoms with Crippen LogP contribution in [0.1, 0.15) is 22.8 Å². The third kappa shape index (κ3) is 3.72. The van der Waals surface area contributed by atoms with Crippen LogP contribution < -0.4 is 20.9 Å². The highest BCUT2D eigenvalue weighted by Gasteiger charge is 2.12. The molecule has 0 amide bonds. The van der Waals surface area contributed by atoms with Crippen molar-refractivity contribution in [2.75, 3.05) is 26.3 Å². The maximum Gasteiger partial charge on any atom is 0.160 e. The van der Waals surface area contributed by atoms with E-state index in [0.717, 1.165) is 5.56 Å². The number of rotatable bonds is 7. The van der Waals surface area contributed by atoms with E-state index in [1.807, 2.05) is 6.92 Å². The minimum absolute atomic E-state index is 0.0369. The van der Waals surface area contributed by atoms with Gasteiger partial charge < -0.3 is 20.9 Å². The third-order valence-corrected chi connectivity index (χ3v) is 2.47. The highest BCUT2D eigenvalue weighted by Crippen LogP contribution is 2.30. The highest BCUT2D eigenvalue weighted by molar-refractivity contribution is 5.95. The van der Waals surface area contributed by atoms with Crippen LogP contribution in [-0.2, 0) is 0 Å². The van der Waals surface area contributed by atoms with Crippen molar-refractivity contribution in [3.63, 3.8) is 0 Å². The maximum absolute atomic E-state index is 11.4. The standard InChI is InChI=1S/C13H20N2O3/c1-9-12(17-5-3-14)7-11(10(2)16)8-13(9)18-6-4-15/h7-8H,3-6,14-15H2,1-2H3. The molecule has 1 aromatic rings. The van der Waals surface area contributed by atoms with Gasteiger partial charge in [-0.15, -0.1) is 0 Å². The SMILES string of the molecule is CC(=O)c1cc(OCCN)c(C)c(OCCN)c1. The van der Waals surface area contributed by atoms with Crippen LogP contribution in [0.3, 0.4) is 0 Å². The summed E-state index contributed by atoms with van der Waals surface area (Å²) in [6.45, 7) is 5.02. The highest BCUT2D eigenvalue weighted by atomic mass is 16.5. The molecule has 100 valence electrons. The second kappa shape index (κ2) is 6.98. The zero-order valence-electron chi connectivity index (χ0n) is 10.9. The largest absolute Gasteiger partial charge is 0.492 e. The topological polar surface area (TPSA) is 87.6 Å². The van der Waals surface area contributed by atoms with E-state index in [9.17, 15) is 4.79 Å². The first kappa shape index (κ1) is 14.5. The summed E-state index contributed by atoms with van der Waals surface area (Å²) in [5.74, 6) is 1.21. The Morgan fingerprint density at radius 1 is 1.11 bits per heavy atom. The van der Waals surface area contributed by atoms with Crippen LogP contribution in [0.15, 0.2) is 12.1 Å². The minimum Gasteiger partial charge on any atom is -0.492 e. The lowest BCUT2D eigenvalue weighted by Crippen LogP contribution is -2.14. The molecule has 0 aliphatic carbocycles. The molecule has 0 aliphatic rings. The molecule has 5 nitrogen and oxygen atoms in total. The van der Waals surface area contributed by atoms with Crippen molar-refractivity contribution in [1.29, 1.82) is 0 Å². The van der Waals surface area contributed by atoms with E-state index >= 15 is 0 Å². The molecule has 4 N–H and O–H groups in total. The third-order valence-electron chi connectivity index (χ3n) is 2.47. The first-order chi connectivity index (χ1) is 8.60. The molecule has 0 aromatic heterocycles. The Morgan fingerprint density at radius 2 is 1.56 bits per heavy atom. The lowest BCUT2D eigenvalue weighted by molar-refractivity contribution is 0.101. The van der Waals surface area contributed by atoms with Gasteiger partial charge in [-0.3, -0.25) is 4.79 Å². The molecule has 0 radical (unpaired) electrons. The second-order valence-corrected chi connectivity index (χ2v) is 3.93. The molecule has 5 heteroatoms. The molecule has 1 aromatic carbocycles. The van der Waals surface area contributed by atoms with Crippen LogP contribution in [0.4, 0.5) is 0 Å². The average molecular weight is 252 g/mol. The number of ketones is 1. The normalized spacial score (nSPS) is 10.2. The Kier molecular flexibility index (Phi) is 5.61. The van der Waals surface area contributed by atoms with Crippen molar-refractivity contribution >= 4 is 5.78 Å². The van der Waals surface area contributed by atoms with Crippen molar-refractivity contribution in [3.8, 4) is 11.5 Å². The summed E-state index contributed by atoms with van der Waals surface area (Å²) in [6.07, 6.45) is 0. The van der Waals surface area contributed by atoms with Crippen molar-refractivity contribution in [2.45, 2.75) is 13.8 Å². The number of hydrogen-bond donors (Lipinski definition) is 2. The van der Waals surface area contributed by atoms with Crippen LogP contribution in [0.5, 0.6) is 11.5 Å². The van der Waals surface area contributed by atoms with Gasteiger partial charge in [-0.2, -0.15) is 0 Å². The Hall–Kier alpha value is -1.59. The van der Waals surface area contributed by atoms with Gasteiger partial charge in [-0.1, -0.05) is 0 Å². The summed E-state index contributed by atoms with van der Waals surface area (Å²) in [6, 6.07) is 3.42. The number of benzene rings is 1. The molecule has 0 heterocycles. The van der Waals surface area contributed by atoms with Crippen molar-refractivity contribution < 1.29 is 14.3 Å². The summed E-state index contributed by atoms with van der Waals surface area (Å²) in [5, 5.41) is 0. The Balaban J connectivity index is 3.07. The average Bonchev–Trinajstić information content (AvgIpc) is 2.35. The van der Waals surface area contributed by atoms with Gasteiger partial charge >= 0.3 is 0 Å². The van der Waals surface area contributed by atoms with Gasteiger partial charge in [0.05, 0.1) is 0 Å². The van der Waals surface area contributed by atoms with Gasteiger partial charge in [0, 0.05) is 24.2 Å². The number of carbonyl (C=O) groups excluding carboxylic acids is 1. The molecule has 0 saturated carbocycles. The molecule has 18 heavy (non-hydrogen) atoms. The molecular formula is C13H20N2O3. The van der Waals surface area contributed by atoms with Gasteiger partial charge in [0.2, 0.25) is 0 Å². The van der Waals surface area contributed by atoms with Crippen molar-refractivity contribution in [3.05, 3.63) is 23.3 Å². The molecule has 0 saturated heterocycles. The molecule has 0 spiro atoms. The molecule has 1 rings (SSSR count). The van der Waals surface area contributed by atoms with Crippen molar-refractivity contribution in [2.24, 2.45) is 11.5 Å². The Bertz CT molecular complexity index is 390. The zero-order valence-corrected chi connectivity index (χ0v) is 10.9. The number of hydrogen-bond acceptors (Lipinski definition) is 5. The maximum atomic E-state index is 11.4. The van der Waals surface area contributed by atoms with E-state index in [-0.39, 0.29) is 5.78 Å². The van der Waals surface area contributed by atoms with Crippen LogP contribution >= 0.6 is 0 Å². The van der Waals surface area contributed by atoms with Crippen LogP contribution in [0.2, 0.25) is 0 Å². The molecule has 0 fully saturated rings. The fraction of sp³-hybridized carbons (Fsp3) is 0.462. The van der Waals surface area contributed by atoms with E-state index < -0.39 is 0 Å². The quantitative estimate of drug-likeness (QED) is 0.703. The van der Waals surface area contributed by atoms with E-state index in [4.69, 9.17) is 20.9 Å². The zero-order chi connectivity index (χ0) is 13.5. The van der Waals surface area contributed by atoms with E-state index in [2.05, 4.69) is 0 Å². The van der Waals surface area contributed by atoms with Gasteiger partial charge in [0.1, 0.15) is 24.7 Å². The fourth-order valence-corrected chi connectivity index (χ4v) is 1.50. The Morgan fingerprint density at radius 3 is 1.89 bits per heavy atom. The van der Waals surface area contributed by atoms with Crippen LogP contribution in [0, 0.1) is 6.92 Å². The van der Waals surface area contributed by atoms with E-state index in [0.29, 0.717) is 43.4 Å². The summed E-state index contributed by atoms with van der Waals surface area (Å²) in [7, 11) is 0. The summed E-state index contributed by atoms with van der Waals surface area (Å²) in [4.78, 5) is 11.4. The van der Waals surface area contributed by atoms with Crippen molar-refractivity contribution in [1.82, 2.24) is 0 Å². The number of carbonyl (C=O) groups is 1. The van der Waals surface area contributed by atoms with E-state index in [1.165, 1.54) is 6.92 Å². The van der Waals surface area contributed by atoms with Gasteiger partial charge in [0.15, 0.2) is 5.78 Å². The predicted octanol–water partition coefficient (Wildman–Crippen LogP) is 0.873. The minimum atomic E-state index is -0.0369. The predicted molar refractivity (Wildman–Crippen MR) is 70.3 cm³/mol. The number of Topliss-reactive ketones (excluding diaryl/α,β-unsaturated/α-hetero) is 1. The lowest BCUT2D eigenvalue weighted by atomic mass is 10.1. The lowest BCUT2D eigenvalue weighted by Gasteiger charge is -2.14. The Labute approximate surface area is 107 Å². The first-order valence-corrected chi connectivity index (χ1v) is 5.91. The van der Waals surface area contributed by atoms with Gasteiger partial charge in [-0.25, -0.2) is 0 Å². The summed E-state index contributed by atoms with van der Waals surface area (Å²) < 4.78 is 11.0. The van der Waals surface area contributed by atoms with Crippen LogP contribution in [0.25, 0.3) is 0 Å². The molecule has 0 aliphatic heterocycles. The summed E-state index contributed by atoms with van der Waals surface area (Å²) in [5.41, 5.74) is 12.2. The first-order valence-electron chi connectivity index (χ1n) is 5.91. The van der Waals surface area contributed by atoms with Gasteiger partial charge in [-0.05, 0) is 26.0 Å². The fourth-order valence-electron chi connectivity index (χ4n) is 1.50. The molecule has 0 bridgehead atoms. The van der Waals surface area contributed by atoms with Crippen LogP contribution in [-0.4, -0.2) is 32.1 Å². The van der Waals surface area contributed by atoms with E-state index in [1.54, 1.807) is 12.1 Å². The monoisotopic (exact) mass is 252 g/mol. The number of ether oxygens (including phenoxy) is 2. The number of nitrogens with two attached hydrogens (primary N) is 2. The second-order valence-electron chi connectivity index (χ2n) is 3.93. The molecule has 0 unspecified atom stereocenters. The smallest absolute Gasteiger partial charge is 0.160 e.